The van der Waals surface area contributed by atoms with Crippen molar-refractivity contribution in [2.45, 2.75) is 20.3 Å². The number of aryl methyl sites for hydroxylation is 2. The normalized spacial score (nSPS) is 10.4. The molecule has 0 atom stereocenters. The van der Waals surface area contributed by atoms with Crippen LogP contribution in [0.15, 0.2) is 36.5 Å². The Labute approximate surface area is 137 Å². The van der Waals surface area contributed by atoms with E-state index in [9.17, 15) is 4.79 Å². The van der Waals surface area contributed by atoms with Gasteiger partial charge in [-0.3, -0.25) is 4.79 Å². The highest BCUT2D eigenvalue weighted by Crippen LogP contribution is 2.16. The smallest absolute Gasteiger partial charge is 0.255 e. The highest BCUT2D eigenvalue weighted by molar-refractivity contribution is 6.04. The van der Waals surface area contributed by atoms with Crippen LogP contribution < -0.4 is 10.6 Å². The fourth-order valence-electron chi connectivity index (χ4n) is 2.12. The van der Waals surface area contributed by atoms with Gasteiger partial charge in [-0.15, -0.1) is 0 Å². The third-order valence-electron chi connectivity index (χ3n) is 3.62. The molecule has 1 heterocycles. The number of pyridine rings is 1. The monoisotopic (exact) mass is 313 g/mol. The number of benzene rings is 1. The Kier molecular flexibility index (Phi) is 6.11. The molecule has 0 saturated heterocycles. The maximum atomic E-state index is 12.4. The summed E-state index contributed by atoms with van der Waals surface area (Å²) in [5, 5.41) is 6.10. The minimum absolute atomic E-state index is 0.143. The SMILES string of the molecule is COCCCNc1cc(C(=O)Nc2ccc(C)c(C)c2)ccn1. The maximum Gasteiger partial charge on any atom is 0.255 e. The van der Waals surface area contributed by atoms with E-state index in [0.717, 1.165) is 24.2 Å². The van der Waals surface area contributed by atoms with E-state index in [1.165, 1.54) is 5.56 Å². The Morgan fingerprint density at radius 3 is 2.74 bits per heavy atom. The predicted octanol–water partition coefficient (Wildman–Crippen LogP) is 3.40. The molecule has 23 heavy (non-hydrogen) atoms. The summed E-state index contributed by atoms with van der Waals surface area (Å²) in [4.78, 5) is 16.6. The quantitative estimate of drug-likeness (QED) is 0.769. The van der Waals surface area contributed by atoms with Crippen LogP contribution in [0.2, 0.25) is 0 Å². The molecule has 0 saturated carbocycles. The van der Waals surface area contributed by atoms with Crippen LogP contribution >= 0.6 is 0 Å². The van der Waals surface area contributed by atoms with Gasteiger partial charge in [0.05, 0.1) is 0 Å². The van der Waals surface area contributed by atoms with Crippen LogP contribution in [-0.2, 0) is 4.74 Å². The molecule has 122 valence electrons. The third kappa shape index (κ3) is 5.07. The van der Waals surface area contributed by atoms with Crippen molar-refractivity contribution in [1.82, 2.24) is 4.98 Å². The summed E-state index contributed by atoms with van der Waals surface area (Å²) in [6.07, 6.45) is 2.52. The highest BCUT2D eigenvalue weighted by atomic mass is 16.5. The molecule has 0 bridgehead atoms. The Hall–Kier alpha value is -2.40. The van der Waals surface area contributed by atoms with Gasteiger partial charge in [0, 0.05) is 37.7 Å². The highest BCUT2D eigenvalue weighted by Gasteiger charge is 2.08. The first-order valence-electron chi connectivity index (χ1n) is 7.67. The van der Waals surface area contributed by atoms with E-state index >= 15 is 0 Å². The summed E-state index contributed by atoms with van der Waals surface area (Å²) < 4.78 is 5.00. The lowest BCUT2D eigenvalue weighted by Crippen LogP contribution is -2.13. The van der Waals surface area contributed by atoms with Gasteiger partial charge in [-0.2, -0.15) is 0 Å². The lowest BCUT2D eigenvalue weighted by molar-refractivity contribution is 0.102. The molecule has 1 aromatic heterocycles. The topological polar surface area (TPSA) is 63.2 Å². The summed E-state index contributed by atoms with van der Waals surface area (Å²) >= 11 is 0. The second-order valence-electron chi connectivity index (χ2n) is 5.46. The molecule has 2 aromatic rings. The number of nitrogens with one attached hydrogen (secondary N) is 2. The van der Waals surface area contributed by atoms with Gasteiger partial charge in [0.15, 0.2) is 0 Å². The number of methoxy groups -OCH3 is 1. The minimum atomic E-state index is -0.143. The summed E-state index contributed by atoms with van der Waals surface area (Å²) in [7, 11) is 1.68. The molecule has 2 rings (SSSR count). The summed E-state index contributed by atoms with van der Waals surface area (Å²) in [6.45, 7) is 5.52. The van der Waals surface area contributed by atoms with Gasteiger partial charge in [-0.1, -0.05) is 6.07 Å². The molecule has 2 N–H and O–H groups in total. The first kappa shape index (κ1) is 17.0. The molecule has 0 unspecified atom stereocenters. The van der Waals surface area contributed by atoms with Gasteiger partial charge >= 0.3 is 0 Å². The Balaban J connectivity index is 2.00. The molecule has 0 radical (unpaired) electrons. The molecule has 0 aliphatic rings. The van der Waals surface area contributed by atoms with E-state index in [-0.39, 0.29) is 5.91 Å². The van der Waals surface area contributed by atoms with Gasteiger partial charge in [0.25, 0.3) is 5.91 Å². The molecule has 1 aromatic carbocycles. The molecular weight excluding hydrogens is 290 g/mol. The standard InChI is InChI=1S/C18H23N3O2/c1-13-5-6-16(11-14(13)2)21-18(22)15-7-9-20-17(12-15)19-8-4-10-23-3/h5-7,9,11-12H,4,8,10H2,1-3H3,(H,19,20)(H,21,22). The van der Waals surface area contributed by atoms with Crippen LogP contribution in [0.1, 0.15) is 27.9 Å². The van der Waals surface area contributed by atoms with Gasteiger partial charge in [0.1, 0.15) is 5.82 Å². The van der Waals surface area contributed by atoms with Crippen LogP contribution in [-0.4, -0.2) is 31.2 Å². The molecule has 5 heteroatoms. The van der Waals surface area contributed by atoms with Crippen LogP contribution in [0.25, 0.3) is 0 Å². The summed E-state index contributed by atoms with van der Waals surface area (Å²) in [6, 6.07) is 9.34. The van der Waals surface area contributed by atoms with Gasteiger partial charge in [-0.05, 0) is 55.7 Å². The van der Waals surface area contributed by atoms with Crippen LogP contribution in [0.3, 0.4) is 0 Å². The van der Waals surface area contributed by atoms with E-state index in [0.29, 0.717) is 18.0 Å². The van der Waals surface area contributed by atoms with E-state index in [4.69, 9.17) is 4.74 Å². The fraction of sp³-hybridized carbons (Fsp3) is 0.333. The molecule has 0 fully saturated rings. The summed E-state index contributed by atoms with van der Waals surface area (Å²) in [5.74, 6) is 0.546. The van der Waals surface area contributed by atoms with Crippen molar-refractivity contribution in [2.75, 3.05) is 30.9 Å². The fourth-order valence-corrected chi connectivity index (χ4v) is 2.12. The van der Waals surface area contributed by atoms with Crippen LogP contribution in [0.5, 0.6) is 0 Å². The second-order valence-corrected chi connectivity index (χ2v) is 5.46. The lowest BCUT2D eigenvalue weighted by Gasteiger charge is -2.09. The largest absolute Gasteiger partial charge is 0.385 e. The molecule has 5 nitrogen and oxygen atoms in total. The predicted molar refractivity (Wildman–Crippen MR) is 93.1 cm³/mol. The third-order valence-corrected chi connectivity index (χ3v) is 3.62. The van der Waals surface area contributed by atoms with E-state index < -0.39 is 0 Å². The van der Waals surface area contributed by atoms with Gasteiger partial charge < -0.3 is 15.4 Å². The van der Waals surface area contributed by atoms with E-state index in [1.807, 2.05) is 32.0 Å². The number of anilines is 2. The Morgan fingerprint density at radius 2 is 2.00 bits per heavy atom. The van der Waals surface area contributed by atoms with Crippen molar-refractivity contribution in [1.29, 1.82) is 0 Å². The van der Waals surface area contributed by atoms with Crippen LogP contribution in [0, 0.1) is 13.8 Å². The minimum Gasteiger partial charge on any atom is -0.385 e. The molecule has 1 amide bonds. The summed E-state index contributed by atoms with van der Waals surface area (Å²) in [5.41, 5.74) is 3.73. The number of carbonyl (C=O) groups excluding carboxylic acids is 1. The average Bonchev–Trinajstić information content (AvgIpc) is 2.55. The molecule has 0 spiro atoms. The number of carbonyl (C=O) groups is 1. The number of hydrogen-bond acceptors (Lipinski definition) is 4. The molecular formula is C18H23N3O2. The van der Waals surface area contributed by atoms with Crippen molar-refractivity contribution in [3.8, 4) is 0 Å². The zero-order chi connectivity index (χ0) is 16.7. The first-order valence-corrected chi connectivity index (χ1v) is 7.67. The second kappa shape index (κ2) is 8.29. The number of aromatic nitrogens is 1. The number of ether oxygens (including phenoxy) is 1. The van der Waals surface area contributed by atoms with Crippen molar-refractivity contribution in [3.05, 3.63) is 53.2 Å². The first-order chi connectivity index (χ1) is 11.1. The maximum absolute atomic E-state index is 12.4. The van der Waals surface area contributed by atoms with Crippen molar-refractivity contribution >= 4 is 17.4 Å². The van der Waals surface area contributed by atoms with Crippen LogP contribution in [0.4, 0.5) is 11.5 Å². The van der Waals surface area contributed by atoms with E-state index in [1.54, 1.807) is 25.4 Å². The number of nitrogens with zero attached hydrogens (tertiary/aromatic N) is 1. The zero-order valence-electron chi connectivity index (χ0n) is 13.8. The number of hydrogen-bond donors (Lipinski definition) is 2. The van der Waals surface area contributed by atoms with Crippen molar-refractivity contribution < 1.29 is 9.53 Å². The molecule has 0 aliphatic carbocycles. The van der Waals surface area contributed by atoms with E-state index in [2.05, 4.69) is 15.6 Å². The van der Waals surface area contributed by atoms with Crippen molar-refractivity contribution in [2.24, 2.45) is 0 Å². The number of amides is 1. The Bertz CT molecular complexity index is 671. The molecule has 0 aliphatic heterocycles. The van der Waals surface area contributed by atoms with Crippen molar-refractivity contribution in [3.63, 3.8) is 0 Å². The zero-order valence-corrected chi connectivity index (χ0v) is 13.8. The Morgan fingerprint density at radius 1 is 1.17 bits per heavy atom. The van der Waals surface area contributed by atoms with Gasteiger partial charge in [0.2, 0.25) is 0 Å². The lowest BCUT2D eigenvalue weighted by atomic mass is 10.1. The van der Waals surface area contributed by atoms with Gasteiger partial charge in [-0.25, -0.2) is 4.98 Å². The number of rotatable bonds is 7. The average molecular weight is 313 g/mol.